The van der Waals surface area contributed by atoms with Gasteiger partial charge in [0.2, 0.25) is 5.92 Å². The number of halogens is 4. The zero-order valence-corrected chi connectivity index (χ0v) is 12.2. The number of benzene rings is 1. The summed E-state index contributed by atoms with van der Waals surface area (Å²) in [7, 11) is 0. The first-order chi connectivity index (χ1) is 9.77. The van der Waals surface area contributed by atoms with Crippen molar-refractivity contribution in [3.63, 3.8) is 0 Å². The molecule has 2 rings (SSSR count). The molecule has 0 aliphatic carbocycles. The summed E-state index contributed by atoms with van der Waals surface area (Å²) in [5, 5.41) is 0. The Morgan fingerprint density at radius 3 is 2.48 bits per heavy atom. The monoisotopic (exact) mass is 304 g/mol. The molecule has 0 saturated carbocycles. The van der Waals surface area contributed by atoms with Gasteiger partial charge in [0.1, 0.15) is 0 Å². The maximum Gasteiger partial charge on any atom is 0.248 e. The Morgan fingerprint density at radius 2 is 1.95 bits per heavy atom. The van der Waals surface area contributed by atoms with Crippen LogP contribution in [-0.2, 0) is 11.2 Å². The van der Waals surface area contributed by atoms with Crippen LogP contribution >= 0.6 is 0 Å². The summed E-state index contributed by atoms with van der Waals surface area (Å²) in [5.74, 6) is -6.06. The van der Waals surface area contributed by atoms with Crippen LogP contribution in [0, 0.1) is 23.5 Å². The molecule has 3 unspecified atom stereocenters. The van der Waals surface area contributed by atoms with Crippen LogP contribution in [0.4, 0.5) is 17.6 Å². The molecule has 1 nitrogen and oxygen atoms in total. The molecule has 1 saturated heterocycles. The lowest BCUT2D eigenvalue weighted by atomic mass is 9.79. The van der Waals surface area contributed by atoms with E-state index in [0.717, 1.165) is 25.5 Å². The van der Waals surface area contributed by atoms with Crippen molar-refractivity contribution < 1.29 is 22.3 Å². The third kappa shape index (κ3) is 4.19. The highest BCUT2D eigenvalue weighted by Gasteiger charge is 2.41. The van der Waals surface area contributed by atoms with Crippen molar-refractivity contribution in [2.24, 2.45) is 11.8 Å². The summed E-state index contributed by atoms with van der Waals surface area (Å²) in [6.07, 6.45) is 1.52. The fraction of sp³-hybridized carbons (Fsp3) is 0.625. The summed E-state index contributed by atoms with van der Waals surface area (Å²) < 4.78 is 59.5. The van der Waals surface area contributed by atoms with Crippen molar-refractivity contribution in [3.8, 4) is 0 Å². The van der Waals surface area contributed by atoms with Crippen molar-refractivity contribution in [1.29, 1.82) is 0 Å². The van der Waals surface area contributed by atoms with Crippen LogP contribution in [-0.4, -0.2) is 18.6 Å². The molecule has 1 aromatic rings. The first kappa shape index (κ1) is 16.3. The van der Waals surface area contributed by atoms with Crippen LogP contribution in [0.3, 0.4) is 0 Å². The molecule has 3 atom stereocenters. The molecule has 1 heterocycles. The smallest absolute Gasteiger partial charge is 0.248 e. The van der Waals surface area contributed by atoms with Crippen LogP contribution in [0.2, 0.25) is 0 Å². The van der Waals surface area contributed by atoms with Gasteiger partial charge in [0.15, 0.2) is 11.6 Å². The van der Waals surface area contributed by atoms with E-state index < -0.39 is 23.5 Å². The van der Waals surface area contributed by atoms with Crippen molar-refractivity contribution in [3.05, 3.63) is 35.4 Å². The number of hydrogen-bond donors (Lipinski definition) is 0. The molecule has 0 aromatic heterocycles. The number of rotatable bonds is 4. The summed E-state index contributed by atoms with van der Waals surface area (Å²) in [5.41, 5.74) is 0.388. The highest BCUT2D eigenvalue weighted by atomic mass is 19.3. The molecule has 0 N–H and O–H groups in total. The van der Waals surface area contributed by atoms with E-state index in [1.165, 1.54) is 6.07 Å². The molecule has 0 radical (unpaired) electrons. The average Bonchev–Trinajstić information content (AvgIpc) is 2.40. The van der Waals surface area contributed by atoms with Gasteiger partial charge in [-0.25, -0.2) is 17.6 Å². The van der Waals surface area contributed by atoms with Gasteiger partial charge in [0.25, 0.3) is 0 Å². The minimum atomic E-state index is -2.89. The second-order valence-electron chi connectivity index (χ2n) is 6.00. The predicted molar refractivity (Wildman–Crippen MR) is 72.3 cm³/mol. The van der Waals surface area contributed by atoms with E-state index in [9.17, 15) is 17.6 Å². The Morgan fingerprint density at radius 1 is 1.24 bits per heavy atom. The van der Waals surface area contributed by atoms with Gasteiger partial charge in [0.05, 0.1) is 12.7 Å². The molecular weight excluding hydrogens is 284 g/mol. The first-order valence-corrected chi connectivity index (χ1v) is 7.20. The molecule has 1 aromatic carbocycles. The van der Waals surface area contributed by atoms with Crippen LogP contribution in [0.15, 0.2) is 18.2 Å². The van der Waals surface area contributed by atoms with Crippen molar-refractivity contribution >= 4 is 0 Å². The van der Waals surface area contributed by atoms with Gasteiger partial charge in [-0.05, 0) is 56.7 Å². The van der Waals surface area contributed by atoms with E-state index in [1.54, 1.807) is 0 Å². The van der Waals surface area contributed by atoms with E-state index in [2.05, 4.69) is 0 Å². The number of ether oxygens (including phenoxy) is 1. The third-order valence-corrected chi connectivity index (χ3v) is 4.20. The minimum Gasteiger partial charge on any atom is -0.378 e. The minimum absolute atomic E-state index is 0.0170. The Hall–Kier alpha value is -1.10. The summed E-state index contributed by atoms with van der Waals surface area (Å²) in [6, 6.07) is 3.35. The van der Waals surface area contributed by atoms with Gasteiger partial charge in [0, 0.05) is 5.92 Å². The van der Waals surface area contributed by atoms with Crippen LogP contribution in [0.1, 0.15) is 32.3 Å². The fourth-order valence-corrected chi connectivity index (χ4v) is 2.90. The maximum absolute atomic E-state index is 13.9. The summed E-state index contributed by atoms with van der Waals surface area (Å²) in [6.45, 7) is 3.10. The lowest BCUT2D eigenvalue weighted by molar-refractivity contribution is -0.104. The number of hydrogen-bond acceptors (Lipinski definition) is 1. The normalized spacial score (nSPS) is 24.9. The van der Waals surface area contributed by atoms with Crippen molar-refractivity contribution in [1.82, 2.24) is 0 Å². The quantitative estimate of drug-likeness (QED) is 0.739. The maximum atomic E-state index is 13.9. The Kier molecular flexibility index (Phi) is 4.91. The third-order valence-electron chi connectivity index (χ3n) is 4.20. The topological polar surface area (TPSA) is 9.23 Å². The molecular formula is C16H20F4O. The summed E-state index contributed by atoms with van der Waals surface area (Å²) >= 11 is 0. The van der Waals surface area contributed by atoms with Crippen LogP contribution in [0.25, 0.3) is 0 Å². The van der Waals surface area contributed by atoms with E-state index in [1.807, 2.05) is 6.92 Å². The Bertz CT molecular complexity index is 476. The molecule has 1 aliphatic heterocycles. The standard InChI is InChI=1S/C16H20F4O/c1-10-3-5-12(9-21-10)13(16(2,19)20)7-11-4-6-14(17)15(18)8-11/h4,6,8,10,12-13H,3,5,7,9H2,1-2H3. The second-order valence-corrected chi connectivity index (χ2v) is 6.00. The average molecular weight is 304 g/mol. The van der Waals surface area contributed by atoms with E-state index in [-0.39, 0.29) is 18.4 Å². The zero-order chi connectivity index (χ0) is 15.6. The molecule has 0 spiro atoms. The summed E-state index contributed by atoms with van der Waals surface area (Å²) in [4.78, 5) is 0. The van der Waals surface area contributed by atoms with E-state index in [0.29, 0.717) is 18.6 Å². The van der Waals surface area contributed by atoms with Crippen LogP contribution < -0.4 is 0 Å². The molecule has 5 heteroatoms. The van der Waals surface area contributed by atoms with Gasteiger partial charge in [-0.3, -0.25) is 0 Å². The molecule has 0 bridgehead atoms. The van der Waals surface area contributed by atoms with Crippen LogP contribution in [0.5, 0.6) is 0 Å². The lowest BCUT2D eigenvalue weighted by Crippen LogP contribution is -2.39. The molecule has 0 amide bonds. The van der Waals surface area contributed by atoms with Gasteiger partial charge in [-0.1, -0.05) is 6.07 Å². The highest BCUT2D eigenvalue weighted by molar-refractivity contribution is 5.19. The van der Waals surface area contributed by atoms with E-state index >= 15 is 0 Å². The highest BCUT2D eigenvalue weighted by Crippen LogP contribution is 2.38. The zero-order valence-electron chi connectivity index (χ0n) is 12.2. The Labute approximate surface area is 122 Å². The molecule has 1 fully saturated rings. The van der Waals surface area contributed by atoms with Crippen molar-refractivity contribution in [2.75, 3.05) is 6.61 Å². The molecule has 1 aliphatic rings. The van der Waals surface area contributed by atoms with Gasteiger partial charge < -0.3 is 4.74 Å². The van der Waals surface area contributed by atoms with Gasteiger partial charge in [-0.2, -0.15) is 0 Å². The first-order valence-electron chi connectivity index (χ1n) is 7.20. The Balaban J connectivity index is 2.15. The molecule has 118 valence electrons. The SMILES string of the molecule is CC1CCC(C(Cc2ccc(F)c(F)c2)C(C)(F)F)CO1. The van der Waals surface area contributed by atoms with Gasteiger partial charge in [-0.15, -0.1) is 0 Å². The molecule has 21 heavy (non-hydrogen) atoms. The fourth-order valence-electron chi connectivity index (χ4n) is 2.90. The lowest BCUT2D eigenvalue weighted by Gasteiger charge is -2.36. The van der Waals surface area contributed by atoms with Gasteiger partial charge >= 0.3 is 0 Å². The van der Waals surface area contributed by atoms with E-state index in [4.69, 9.17) is 4.74 Å². The van der Waals surface area contributed by atoms with Crippen molar-refractivity contribution in [2.45, 2.75) is 45.1 Å². The predicted octanol–water partition coefficient (Wildman–Crippen LogP) is 4.59. The second kappa shape index (κ2) is 6.34. The number of alkyl halides is 2. The largest absolute Gasteiger partial charge is 0.378 e.